The first kappa shape index (κ1) is 48.6. The molecule has 3 aliphatic heterocycles. The number of aliphatic hydroxyl groups is 11. The third-order valence-electron chi connectivity index (χ3n) is 9.24. The van der Waals surface area contributed by atoms with E-state index in [0.29, 0.717) is 0 Å². The maximum absolute atomic E-state index is 12.8. The van der Waals surface area contributed by atoms with Gasteiger partial charge < -0.3 is 105 Å². The molecule has 0 aromatic heterocycles. The van der Waals surface area contributed by atoms with Crippen LogP contribution in [0.25, 0.3) is 0 Å². The molecule has 3 saturated heterocycles. The molecule has 0 aromatic carbocycles. The summed E-state index contributed by atoms with van der Waals surface area (Å²) < 4.78 is 38.7. The normalized spacial score (nSPS) is 38.3. The lowest BCUT2D eigenvalue weighted by molar-refractivity contribution is -0.386. The van der Waals surface area contributed by atoms with E-state index in [4.69, 9.17) is 33.2 Å². The Morgan fingerprint density at radius 2 is 1.53 bits per heavy atom. The van der Waals surface area contributed by atoms with Crippen molar-refractivity contribution in [3.8, 4) is 0 Å². The van der Waals surface area contributed by atoms with Crippen molar-refractivity contribution in [3.05, 3.63) is 12.7 Å². The number of rotatable bonds is 17. The standard InChI is InChI=1S/C33H56N2O22/c1-6-14(40)13(35-31(50)57-32(3,4)5)11-51-28-23(46)22(45)25(18(10-38)53-28)54-29-24(47)27(21(44)17(9-37)52-29)56-33(30(48)49)7-15(41)19(34-12(2)39)26(55-33)20(43)16(42)8-36/h6,13-29,36-38,40-47H,1,7-11H2,2-5H3,(H,34,39)(H,35,50)(H,48,49)/t13-,14+,15+,16+,17?,18?,19+,20+,21-,22?,23?,24?,25-,26?,27?,28+,29-,33-/m0/s1. The highest BCUT2D eigenvalue weighted by molar-refractivity contribution is 5.76. The monoisotopic (exact) mass is 832 g/mol. The van der Waals surface area contributed by atoms with Gasteiger partial charge in [0.15, 0.2) is 12.6 Å². The van der Waals surface area contributed by atoms with Gasteiger partial charge in [-0.2, -0.15) is 0 Å². The highest BCUT2D eigenvalue weighted by Crippen LogP contribution is 2.38. The van der Waals surface area contributed by atoms with Gasteiger partial charge in [-0.25, -0.2) is 9.59 Å². The number of alkyl carbamates (subject to hydrolysis) is 1. The third kappa shape index (κ3) is 11.9. The summed E-state index contributed by atoms with van der Waals surface area (Å²) in [4.78, 5) is 37.0. The molecule has 24 nitrogen and oxygen atoms in total. The summed E-state index contributed by atoms with van der Waals surface area (Å²) in [5, 5.41) is 131. The second-order valence-electron chi connectivity index (χ2n) is 14.8. The van der Waals surface area contributed by atoms with E-state index in [2.05, 4.69) is 17.2 Å². The van der Waals surface area contributed by atoms with E-state index in [9.17, 15) is 75.7 Å². The lowest BCUT2D eigenvalue weighted by Crippen LogP contribution is -2.70. The van der Waals surface area contributed by atoms with Crippen molar-refractivity contribution in [2.24, 2.45) is 0 Å². The Kier molecular flexibility index (Phi) is 17.5. The van der Waals surface area contributed by atoms with Crippen molar-refractivity contribution in [3.63, 3.8) is 0 Å². The van der Waals surface area contributed by atoms with Crippen LogP contribution in [-0.2, 0) is 42.7 Å². The minimum absolute atomic E-state index is 0.561. The highest BCUT2D eigenvalue weighted by atomic mass is 16.8. The van der Waals surface area contributed by atoms with Crippen molar-refractivity contribution in [2.75, 3.05) is 26.4 Å². The highest BCUT2D eigenvalue weighted by Gasteiger charge is 2.60. The van der Waals surface area contributed by atoms with Gasteiger partial charge in [0.25, 0.3) is 5.79 Å². The zero-order valence-corrected chi connectivity index (χ0v) is 31.6. The fraction of sp³-hybridized carbons (Fsp3) is 0.848. The Bertz CT molecular complexity index is 1340. The number of aliphatic carboxylic acids is 1. The number of carboxylic acids is 1. The van der Waals surface area contributed by atoms with Gasteiger partial charge in [0, 0.05) is 13.3 Å². The molecule has 24 heteroatoms. The van der Waals surface area contributed by atoms with Crippen LogP contribution in [0.3, 0.4) is 0 Å². The van der Waals surface area contributed by atoms with Gasteiger partial charge in [-0.3, -0.25) is 4.79 Å². The van der Waals surface area contributed by atoms with Crippen LogP contribution in [0.5, 0.6) is 0 Å². The fourth-order valence-electron chi connectivity index (χ4n) is 6.33. The molecule has 57 heavy (non-hydrogen) atoms. The number of carboxylic acid groups (broad SMARTS) is 1. The molecule has 18 atom stereocenters. The number of carbonyl (C=O) groups is 3. The average molecular weight is 833 g/mol. The summed E-state index contributed by atoms with van der Waals surface area (Å²) in [6.07, 6.45) is -29.8. The molecule has 7 unspecified atom stereocenters. The van der Waals surface area contributed by atoms with E-state index in [0.717, 1.165) is 13.0 Å². The lowest BCUT2D eigenvalue weighted by Gasteiger charge is -2.50. The van der Waals surface area contributed by atoms with Gasteiger partial charge in [0.1, 0.15) is 72.7 Å². The second kappa shape index (κ2) is 20.5. The van der Waals surface area contributed by atoms with Crippen LogP contribution in [0, 0.1) is 0 Å². The van der Waals surface area contributed by atoms with Gasteiger partial charge in [-0.15, -0.1) is 6.58 Å². The van der Waals surface area contributed by atoms with Crippen molar-refractivity contribution in [1.29, 1.82) is 0 Å². The number of carbonyl (C=O) groups excluding carboxylic acids is 2. The Hall–Kier alpha value is -2.73. The van der Waals surface area contributed by atoms with Crippen LogP contribution in [0.15, 0.2) is 12.7 Å². The molecule has 14 N–H and O–H groups in total. The molecular formula is C33H56N2O22. The van der Waals surface area contributed by atoms with Crippen molar-refractivity contribution < 1.29 is 109 Å². The van der Waals surface area contributed by atoms with Crippen LogP contribution in [0.2, 0.25) is 0 Å². The SMILES string of the molecule is C=C[C@@H](O)[C@H](CO[C@@H]1OC(CO)[C@H](O[C@@H]2OC(CO)[C@H](O)C(O[C@]3(C(=O)O)C[C@@H](O)[C@@H](NC(C)=O)C([C@H](O)[C@H](O)CO)O3)C2O)C(O)C1O)NC(=O)OC(C)(C)C. The van der Waals surface area contributed by atoms with Crippen molar-refractivity contribution in [2.45, 2.75) is 150 Å². The van der Waals surface area contributed by atoms with Crippen molar-refractivity contribution in [1.82, 2.24) is 10.6 Å². The van der Waals surface area contributed by atoms with Crippen LogP contribution < -0.4 is 10.6 Å². The van der Waals surface area contributed by atoms with Gasteiger partial charge in [-0.1, -0.05) is 6.08 Å². The maximum atomic E-state index is 12.8. The summed E-state index contributed by atoms with van der Waals surface area (Å²) in [7, 11) is 0. The van der Waals surface area contributed by atoms with Gasteiger partial charge in [0.2, 0.25) is 5.91 Å². The molecule has 3 heterocycles. The topological polar surface area (TPSA) is 383 Å². The van der Waals surface area contributed by atoms with Gasteiger partial charge in [-0.05, 0) is 20.8 Å². The number of aliphatic hydroxyl groups excluding tert-OH is 11. The van der Waals surface area contributed by atoms with E-state index < -0.39 is 166 Å². The van der Waals surface area contributed by atoms with Crippen LogP contribution in [-0.4, -0.2) is 221 Å². The summed E-state index contributed by atoms with van der Waals surface area (Å²) >= 11 is 0. The number of hydrogen-bond donors (Lipinski definition) is 14. The number of ether oxygens (including phenoxy) is 7. The van der Waals surface area contributed by atoms with E-state index >= 15 is 0 Å². The first-order chi connectivity index (χ1) is 26.5. The van der Waals surface area contributed by atoms with E-state index in [1.165, 1.54) is 0 Å². The first-order valence-electron chi connectivity index (χ1n) is 17.9. The predicted molar refractivity (Wildman–Crippen MR) is 183 cm³/mol. The minimum Gasteiger partial charge on any atom is -0.477 e. The van der Waals surface area contributed by atoms with E-state index in [-0.39, 0.29) is 0 Å². The zero-order chi connectivity index (χ0) is 43.2. The molecule has 0 radical (unpaired) electrons. The Morgan fingerprint density at radius 3 is 2.05 bits per heavy atom. The summed E-state index contributed by atoms with van der Waals surface area (Å²) in [6.45, 7) is 5.69. The summed E-state index contributed by atoms with van der Waals surface area (Å²) in [6, 6.07) is -2.79. The summed E-state index contributed by atoms with van der Waals surface area (Å²) in [5.41, 5.74) is -0.901. The van der Waals surface area contributed by atoms with Crippen LogP contribution >= 0.6 is 0 Å². The molecule has 0 spiro atoms. The number of amides is 2. The molecule has 0 bridgehead atoms. The quantitative estimate of drug-likeness (QED) is 0.0606. The summed E-state index contributed by atoms with van der Waals surface area (Å²) in [5.74, 6) is -5.86. The molecule has 330 valence electrons. The lowest BCUT2D eigenvalue weighted by atomic mass is 9.88. The Balaban J connectivity index is 1.84. The molecule has 0 aliphatic carbocycles. The molecular weight excluding hydrogens is 776 g/mol. The second-order valence-corrected chi connectivity index (χ2v) is 14.8. The molecule has 3 aliphatic rings. The smallest absolute Gasteiger partial charge is 0.408 e. The van der Waals surface area contributed by atoms with Crippen LogP contribution in [0.4, 0.5) is 4.79 Å². The van der Waals surface area contributed by atoms with Crippen LogP contribution in [0.1, 0.15) is 34.1 Å². The minimum atomic E-state index is -3.08. The number of nitrogens with one attached hydrogen (secondary N) is 2. The molecule has 0 saturated carbocycles. The first-order valence-corrected chi connectivity index (χ1v) is 17.9. The fourth-order valence-corrected chi connectivity index (χ4v) is 6.33. The van der Waals surface area contributed by atoms with Gasteiger partial charge in [0.05, 0.1) is 50.7 Å². The molecule has 0 aromatic rings. The molecule has 3 rings (SSSR count). The van der Waals surface area contributed by atoms with Crippen molar-refractivity contribution >= 4 is 18.0 Å². The average Bonchev–Trinajstić information content (AvgIpc) is 3.14. The predicted octanol–water partition coefficient (Wildman–Crippen LogP) is -6.76. The van der Waals surface area contributed by atoms with E-state index in [1.807, 2.05) is 0 Å². The zero-order valence-electron chi connectivity index (χ0n) is 31.6. The molecule has 2 amide bonds. The number of hydrogen-bond acceptors (Lipinski definition) is 21. The largest absolute Gasteiger partial charge is 0.477 e. The Labute approximate surface area is 326 Å². The Morgan fingerprint density at radius 1 is 0.912 bits per heavy atom. The van der Waals surface area contributed by atoms with Gasteiger partial charge >= 0.3 is 12.1 Å². The third-order valence-corrected chi connectivity index (χ3v) is 9.24. The maximum Gasteiger partial charge on any atom is 0.408 e. The molecule has 3 fully saturated rings. The van der Waals surface area contributed by atoms with E-state index in [1.54, 1.807) is 20.8 Å².